The Bertz CT molecular complexity index is 385. The van der Waals surface area contributed by atoms with Gasteiger partial charge in [0.1, 0.15) is 0 Å². The van der Waals surface area contributed by atoms with Gasteiger partial charge in [-0.2, -0.15) is 11.8 Å². The van der Waals surface area contributed by atoms with Gasteiger partial charge in [0.2, 0.25) is 5.91 Å². The molecule has 3 nitrogen and oxygen atoms in total. The fraction of sp³-hybridized carbons (Fsp3) is 0.500. The minimum atomic E-state index is 0.0956. The minimum Gasteiger partial charge on any atom is -0.372 e. The van der Waals surface area contributed by atoms with Crippen molar-refractivity contribution >= 4 is 29.0 Å². The van der Waals surface area contributed by atoms with Crippen molar-refractivity contribution in [2.24, 2.45) is 0 Å². The molecule has 0 atom stereocenters. The molecule has 0 aromatic heterocycles. The number of anilines is 2. The number of hydrogen-bond donors (Lipinski definition) is 1. The number of benzene rings is 1. The lowest BCUT2D eigenvalue weighted by molar-refractivity contribution is -0.115. The van der Waals surface area contributed by atoms with E-state index in [0.29, 0.717) is 6.42 Å². The van der Waals surface area contributed by atoms with Crippen molar-refractivity contribution in [1.29, 1.82) is 0 Å². The normalized spacial score (nSPS) is 14.8. The summed E-state index contributed by atoms with van der Waals surface area (Å²) in [6, 6.07) is 8.17. The number of nitrogens with zero attached hydrogens (tertiary/aromatic N) is 1. The molecule has 98 valence electrons. The highest BCUT2D eigenvalue weighted by molar-refractivity contribution is 7.98. The first-order chi connectivity index (χ1) is 8.79. The van der Waals surface area contributed by atoms with Crippen molar-refractivity contribution < 1.29 is 4.79 Å². The Hall–Kier alpha value is -1.16. The fourth-order valence-electron chi connectivity index (χ4n) is 2.15. The van der Waals surface area contributed by atoms with Gasteiger partial charge in [-0.1, -0.05) is 0 Å². The molecule has 1 fully saturated rings. The van der Waals surface area contributed by atoms with Gasteiger partial charge in [0, 0.05) is 36.6 Å². The Labute approximate surface area is 113 Å². The van der Waals surface area contributed by atoms with E-state index in [1.165, 1.54) is 18.5 Å². The summed E-state index contributed by atoms with van der Waals surface area (Å²) in [5.41, 5.74) is 2.15. The molecule has 0 radical (unpaired) electrons. The maximum Gasteiger partial charge on any atom is 0.225 e. The quantitative estimate of drug-likeness (QED) is 0.887. The van der Waals surface area contributed by atoms with Crippen molar-refractivity contribution in [1.82, 2.24) is 0 Å². The van der Waals surface area contributed by atoms with Crippen LogP contribution in [0.2, 0.25) is 0 Å². The van der Waals surface area contributed by atoms with Gasteiger partial charge in [0.25, 0.3) is 0 Å². The summed E-state index contributed by atoms with van der Waals surface area (Å²) < 4.78 is 0. The highest BCUT2D eigenvalue weighted by atomic mass is 32.2. The van der Waals surface area contributed by atoms with E-state index in [2.05, 4.69) is 22.3 Å². The van der Waals surface area contributed by atoms with Crippen LogP contribution in [0.15, 0.2) is 24.3 Å². The van der Waals surface area contributed by atoms with Crippen molar-refractivity contribution in [2.75, 3.05) is 35.3 Å². The standard InChI is InChI=1S/C14H20N2OS/c1-18-11-8-14(17)15-12-4-6-13(7-5-12)16-9-2-3-10-16/h4-7H,2-3,8-11H2,1H3,(H,15,17). The van der Waals surface area contributed by atoms with Gasteiger partial charge in [0.15, 0.2) is 0 Å². The second kappa shape index (κ2) is 6.69. The Kier molecular flexibility index (Phi) is 4.93. The molecule has 4 heteroatoms. The van der Waals surface area contributed by atoms with Gasteiger partial charge in [0.05, 0.1) is 0 Å². The van der Waals surface area contributed by atoms with Crippen molar-refractivity contribution in [3.8, 4) is 0 Å². The van der Waals surface area contributed by atoms with Gasteiger partial charge in [-0.15, -0.1) is 0 Å². The lowest BCUT2D eigenvalue weighted by Crippen LogP contribution is -2.17. The molecule has 0 unspecified atom stereocenters. The molecule has 1 saturated heterocycles. The molecule has 1 heterocycles. The van der Waals surface area contributed by atoms with Crippen molar-refractivity contribution in [3.05, 3.63) is 24.3 Å². The molecule has 1 aromatic rings. The average Bonchev–Trinajstić information content (AvgIpc) is 2.91. The number of carbonyl (C=O) groups is 1. The topological polar surface area (TPSA) is 32.3 Å². The predicted molar refractivity (Wildman–Crippen MR) is 79.5 cm³/mol. The van der Waals surface area contributed by atoms with Crippen LogP contribution in [0.4, 0.5) is 11.4 Å². The zero-order valence-electron chi connectivity index (χ0n) is 10.8. The molecule has 0 aliphatic carbocycles. The van der Waals surface area contributed by atoms with Crippen LogP contribution in [0.25, 0.3) is 0 Å². The van der Waals surface area contributed by atoms with Crippen molar-refractivity contribution in [3.63, 3.8) is 0 Å². The largest absolute Gasteiger partial charge is 0.372 e. The first-order valence-corrected chi connectivity index (χ1v) is 7.83. The number of rotatable bonds is 5. The van der Waals surface area contributed by atoms with Crippen LogP contribution in [-0.2, 0) is 4.79 Å². The van der Waals surface area contributed by atoms with Gasteiger partial charge in [-0.25, -0.2) is 0 Å². The molecule has 1 aliphatic heterocycles. The van der Waals surface area contributed by atoms with E-state index < -0.39 is 0 Å². The van der Waals surface area contributed by atoms with Gasteiger partial charge in [-0.3, -0.25) is 4.79 Å². The lowest BCUT2D eigenvalue weighted by atomic mass is 10.2. The first-order valence-electron chi connectivity index (χ1n) is 6.43. The molecule has 0 bridgehead atoms. The Morgan fingerprint density at radius 3 is 2.56 bits per heavy atom. The van der Waals surface area contributed by atoms with Gasteiger partial charge >= 0.3 is 0 Å². The summed E-state index contributed by atoms with van der Waals surface area (Å²) >= 11 is 1.69. The number of thioether (sulfide) groups is 1. The Morgan fingerprint density at radius 1 is 1.28 bits per heavy atom. The smallest absolute Gasteiger partial charge is 0.225 e. The number of nitrogens with one attached hydrogen (secondary N) is 1. The monoisotopic (exact) mass is 264 g/mol. The zero-order valence-corrected chi connectivity index (χ0v) is 11.6. The molecule has 1 aliphatic rings. The molecule has 1 amide bonds. The first kappa shape index (κ1) is 13.3. The molecule has 0 spiro atoms. The van der Waals surface area contributed by atoms with Crippen LogP contribution in [0, 0.1) is 0 Å². The highest BCUT2D eigenvalue weighted by Crippen LogP contribution is 2.22. The van der Waals surface area contributed by atoms with E-state index in [4.69, 9.17) is 0 Å². The third-order valence-corrected chi connectivity index (χ3v) is 3.77. The number of carbonyl (C=O) groups excluding carboxylic acids is 1. The van der Waals surface area contributed by atoms with Crippen LogP contribution in [0.1, 0.15) is 19.3 Å². The third kappa shape index (κ3) is 3.67. The van der Waals surface area contributed by atoms with Gasteiger partial charge < -0.3 is 10.2 Å². The average molecular weight is 264 g/mol. The molecule has 2 rings (SSSR count). The second-order valence-corrected chi connectivity index (χ2v) is 5.52. The SMILES string of the molecule is CSCCC(=O)Nc1ccc(N2CCCC2)cc1. The highest BCUT2D eigenvalue weighted by Gasteiger charge is 2.11. The van der Waals surface area contributed by atoms with Crippen LogP contribution < -0.4 is 10.2 Å². The third-order valence-electron chi connectivity index (χ3n) is 3.16. The second-order valence-electron chi connectivity index (χ2n) is 4.53. The van der Waals surface area contributed by atoms with Crippen LogP contribution in [-0.4, -0.2) is 31.0 Å². The van der Waals surface area contributed by atoms with E-state index in [-0.39, 0.29) is 5.91 Å². The van der Waals surface area contributed by atoms with Crippen LogP contribution >= 0.6 is 11.8 Å². The molecule has 1 N–H and O–H groups in total. The molecular formula is C14H20N2OS. The molecule has 0 saturated carbocycles. The van der Waals surface area contributed by atoms with Crippen LogP contribution in [0.3, 0.4) is 0 Å². The lowest BCUT2D eigenvalue weighted by Gasteiger charge is -2.17. The van der Waals surface area contributed by atoms with Gasteiger partial charge in [-0.05, 0) is 43.4 Å². The molecular weight excluding hydrogens is 244 g/mol. The Balaban J connectivity index is 1.88. The van der Waals surface area contributed by atoms with E-state index in [1.807, 2.05) is 18.4 Å². The summed E-state index contributed by atoms with van der Waals surface area (Å²) in [6.07, 6.45) is 5.16. The summed E-state index contributed by atoms with van der Waals surface area (Å²) in [5, 5.41) is 2.92. The molecule has 1 aromatic carbocycles. The van der Waals surface area contributed by atoms with E-state index in [0.717, 1.165) is 24.5 Å². The predicted octanol–water partition coefficient (Wildman–Crippen LogP) is 2.98. The van der Waals surface area contributed by atoms with Crippen molar-refractivity contribution in [2.45, 2.75) is 19.3 Å². The number of hydrogen-bond acceptors (Lipinski definition) is 3. The Morgan fingerprint density at radius 2 is 1.94 bits per heavy atom. The van der Waals surface area contributed by atoms with E-state index in [1.54, 1.807) is 11.8 Å². The minimum absolute atomic E-state index is 0.0956. The maximum absolute atomic E-state index is 11.6. The summed E-state index contributed by atoms with van der Waals surface area (Å²) in [7, 11) is 0. The zero-order chi connectivity index (χ0) is 12.8. The van der Waals surface area contributed by atoms with Crippen LogP contribution in [0.5, 0.6) is 0 Å². The summed E-state index contributed by atoms with van der Waals surface area (Å²) in [4.78, 5) is 14.0. The summed E-state index contributed by atoms with van der Waals surface area (Å²) in [5.74, 6) is 0.968. The van der Waals surface area contributed by atoms with E-state index >= 15 is 0 Å². The van der Waals surface area contributed by atoms with E-state index in [9.17, 15) is 4.79 Å². The maximum atomic E-state index is 11.6. The molecule has 18 heavy (non-hydrogen) atoms. The fourth-order valence-corrected chi connectivity index (χ4v) is 2.54. The summed E-state index contributed by atoms with van der Waals surface area (Å²) in [6.45, 7) is 2.30. The number of amides is 1.